The second kappa shape index (κ2) is 22.1. The van der Waals surface area contributed by atoms with Gasteiger partial charge in [-0.2, -0.15) is 0 Å². The van der Waals surface area contributed by atoms with E-state index in [9.17, 15) is 19.8 Å². The third kappa shape index (κ3) is 14.2. The summed E-state index contributed by atoms with van der Waals surface area (Å²) in [5.74, 6) is -0.862. The number of aliphatic hydroxyl groups excluding tert-OH is 2. The Morgan fingerprint density at radius 3 is 2.11 bits per heavy atom. The van der Waals surface area contributed by atoms with Crippen molar-refractivity contribution in [2.75, 3.05) is 12.8 Å². The molecule has 0 aromatic rings. The van der Waals surface area contributed by atoms with E-state index >= 15 is 4.39 Å². The number of carbonyl (C=O) groups is 2. The molecule has 9 atom stereocenters. The first-order valence-corrected chi connectivity index (χ1v) is 19.4. The van der Waals surface area contributed by atoms with Crippen molar-refractivity contribution in [2.24, 2.45) is 0 Å². The number of unbranched alkanes of at least 4 members (excludes halogenated alkanes) is 12. The van der Waals surface area contributed by atoms with Crippen molar-refractivity contribution in [3.05, 3.63) is 0 Å². The Morgan fingerprint density at radius 2 is 1.58 bits per heavy atom. The van der Waals surface area contributed by atoms with Crippen molar-refractivity contribution in [1.29, 1.82) is 0 Å². The van der Waals surface area contributed by atoms with Gasteiger partial charge in [0, 0.05) is 12.8 Å². The Kier molecular flexibility index (Phi) is 19.9. The molecule has 0 saturated carbocycles. The topological polar surface area (TPSA) is 117 Å². The normalized spacial score (nSPS) is 30.0. The second-order valence-electron chi connectivity index (χ2n) is 13.2. The van der Waals surface area contributed by atoms with Crippen molar-refractivity contribution >= 4 is 35.2 Å². The largest absolute Gasteiger partial charge is 0.456 e. The van der Waals surface area contributed by atoms with Gasteiger partial charge in [0.15, 0.2) is 6.10 Å². The SMILES string of the molecule is CCCCCCCCCCCCCCCC(=O)O[C@@H]1[C@@H](O)[C@@H](O)[C@@H](C(NC(=O)C2CC(F)(CCC)CCN2)C(C)Cl)O[C@@H]1SC. The molecule has 2 aliphatic rings. The zero-order chi connectivity index (χ0) is 33.2. The Morgan fingerprint density at radius 1 is 1.00 bits per heavy atom. The third-order valence-corrected chi connectivity index (χ3v) is 10.4. The first-order chi connectivity index (χ1) is 21.6. The molecule has 0 radical (unpaired) electrons. The molecule has 1 amide bonds. The number of amides is 1. The fourth-order valence-corrected chi connectivity index (χ4v) is 7.50. The van der Waals surface area contributed by atoms with Gasteiger partial charge in [-0.15, -0.1) is 23.4 Å². The predicted octanol–water partition coefficient (Wildman–Crippen LogP) is 6.56. The summed E-state index contributed by atoms with van der Waals surface area (Å²) in [7, 11) is 0. The summed E-state index contributed by atoms with van der Waals surface area (Å²) in [5, 5.41) is 27.4. The average molecular weight is 681 g/mol. The number of ether oxygens (including phenoxy) is 2. The fraction of sp³-hybridized carbons (Fsp3) is 0.941. The van der Waals surface area contributed by atoms with E-state index in [1.807, 2.05) is 6.92 Å². The minimum Gasteiger partial charge on any atom is -0.456 e. The third-order valence-electron chi connectivity index (χ3n) is 9.27. The van der Waals surface area contributed by atoms with Crippen molar-refractivity contribution in [2.45, 2.75) is 189 Å². The van der Waals surface area contributed by atoms with E-state index in [1.54, 1.807) is 13.2 Å². The smallest absolute Gasteiger partial charge is 0.306 e. The molecule has 0 spiro atoms. The quantitative estimate of drug-likeness (QED) is 0.0577. The number of halogens is 2. The molecule has 2 heterocycles. The van der Waals surface area contributed by atoms with Crippen LogP contribution in [0.15, 0.2) is 0 Å². The van der Waals surface area contributed by atoms with Gasteiger partial charge in [-0.3, -0.25) is 9.59 Å². The van der Waals surface area contributed by atoms with Crippen LogP contribution in [0.2, 0.25) is 0 Å². The number of aliphatic hydroxyl groups is 2. The van der Waals surface area contributed by atoms with Crippen LogP contribution in [0.1, 0.15) is 136 Å². The lowest BCUT2D eigenvalue weighted by molar-refractivity contribution is -0.218. The van der Waals surface area contributed by atoms with Gasteiger partial charge in [0.05, 0.1) is 17.5 Å². The van der Waals surface area contributed by atoms with Crippen LogP contribution in [0.3, 0.4) is 0 Å². The van der Waals surface area contributed by atoms with Crippen molar-refractivity contribution in [1.82, 2.24) is 10.6 Å². The van der Waals surface area contributed by atoms with Crippen LogP contribution in [0.25, 0.3) is 0 Å². The van der Waals surface area contributed by atoms with Gasteiger partial charge in [0.25, 0.3) is 0 Å². The van der Waals surface area contributed by atoms with Crippen molar-refractivity contribution in [3.8, 4) is 0 Å². The number of rotatable bonds is 22. The van der Waals surface area contributed by atoms with Gasteiger partial charge in [-0.1, -0.05) is 97.3 Å². The van der Waals surface area contributed by atoms with Gasteiger partial charge >= 0.3 is 5.97 Å². The Hall–Kier alpha value is -0.650. The van der Waals surface area contributed by atoms with Crippen molar-refractivity contribution in [3.63, 3.8) is 0 Å². The lowest BCUT2D eigenvalue weighted by Gasteiger charge is -2.45. The standard InChI is InChI=1S/C34H62ClFN2O6S/c1-5-7-8-9-10-11-12-13-14-15-16-17-18-19-26(39)43-31-29(41)28(40)30(44-33(31)45-4)27(24(3)35)38-32(42)25-23-34(36,20-6-2)21-22-37-25/h24-25,27-31,33,37,40-41H,5-23H2,1-4H3,(H,38,42)/t24?,25?,27?,28-,29+,30-,31-,33-,34?/m1/s1. The summed E-state index contributed by atoms with van der Waals surface area (Å²) in [5.41, 5.74) is -2.18. The first-order valence-electron chi connectivity index (χ1n) is 17.7. The number of carbonyl (C=O) groups excluding carboxylic acids is 2. The zero-order valence-electron chi connectivity index (χ0n) is 28.2. The number of thioether (sulfide) groups is 1. The number of nitrogens with one attached hydrogen (secondary N) is 2. The molecule has 0 aromatic carbocycles. The lowest BCUT2D eigenvalue weighted by Crippen LogP contribution is -2.66. The number of piperidine rings is 1. The molecule has 2 saturated heterocycles. The monoisotopic (exact) mass is 680 g/mol. The molecular weight excluding hydrogens is 619 g/mol. The molecule has 0 bridgehead atoms. The molecule has 45 heavy (non-hydrogen) atoms. The Labute approximate surface area is 281 Å². The highest BCUT2D eigenvalue weighted by Crippen LogP contribution is 2.34. The van der Waals surface area contributed by atoms with Crippen LogP contribution in [0.5, 0.6) is 0 Å². The molecule has 4 N–H and O–H groups in total. The maximum Gasteiger partial charge on any atom is 0.306 e. The van der Waals surface area contributed by atoms with Gasteiger partial charge in [-0.05, 0) is 39.0 Å². The van der Waals surface area contributed by atoms with Gasteiger partial charge < -0.3 is 30.3 Å². The molecule has 0 aromatic heterocycles. The molecule has 4 unspecified atom stereocenters. The van der Waals surface area contributed by atoms with E-state index in [-0.39, 0.29) is 12.8 Å². The number of hydrogen-bond acceptors (Lipinski definition) is 8. The highest BCUT2D eigenvalue weighted by Gasteiger charge is 2.50. The molecule has 11 heteroatoms. The fourth-order valence-electron chi connectivity index (χ4n) is 6.57. The molecule has 8 nitrogen and oxygen atoms in total. The molecule has 264 valence electrons. The van der Waals surface area contributed by atoms with Crippen LogP contribution in [0, 0.1) is 0 Å². The lowest BCUT2D eigenvalue weighted by atomic mass is 9.85. The van der Waals surface area contributed by atoms with Crippen LogP contribution in [0.4, 0.5) is 4.39 Å². The van der Waals surface area contributed by atoms with Crippen LogP contribution < -0.4 is 10.6 Å². The maximum absolute atomic E-state index is 15.2. The summed E-state index contributed by atoms with van der Waals surface area (Å²) in [6.07, 6.45) is 14.2. The minimum atomic E-state index is -1.46. The Bertz CT molecular complexity index is 839. The van der Waals surface area contributed by atoms with E-state index in [0.717, 1.165) is 12.8 Å². The summed E-state index contributed by atoms with van der Waals surface area (Å²) in [4.78, 5) is 25.9. The molecule has 2 rings (SSSR count). The minimum absolute atomic E-state index is 0.0531. The summed E-state index contributed by atoms with van der Waals surface area (Å²) in [6.45, 7) is 6.21. The zero-order valence-corrected chi connectivity index (χ0v) is 29.8. The van der Waals surface area contributed by atoms with Gasteiger partial charge in [0.2, 0.25) is 5.91 Å². The maximum atomic E-state index is 15.2. The second-order valence-corrected chi connectivity index (χ2v) is 14.8. The Balaban J connectivity index is 1.78. The summed E-state index contributed by atoms with van der Waals surface area (Å²) >= 11 is 7.71. The number of esters is 1. The molecule has 2 aliphatic heterocycles. The van der Waals surface area contributed by atoms with E-state index in [0.29, 0.717) is 32.2 Å². The van der Waals surface area contributed by atoms with E-state index in [4.69, 9.17) is 21.1 Å². The number of alkyl halides is 2. The highest BCUT2D eigenvalue weighted by atomic mass is 35.5. The van der Waals surface area contributed by atoms with Gasteiger partial charge in [-0.25, -0.2) is 4.39 Å². The molecule has 0 aliphatic carbocycles. The first kappa shape index (κ1) is 40.5. The number of hydrogen-bond donors (Lipinski definition) is 4. The van der Waals surface area contributed by atoms with E-state index in [2.05, 4.69) is 17.6 Å². The molecular formula is C34H62ClFN2O6S. The van der Waals surface area contributed by atoms with E-state index in [1.165, 1.54) is 76.0 Å². The van der Waals surface area contributed by atoms with Crippen LogP contribution in [-0.4, -0.2) is 87.9 Å². The van der Waals surface area contributed by atoms with E-state index < -0.39 is 64.9 Å². The van der Waals surface area contributed by atoms with Crippen LogP contribution >= 0.6 is 23.4 Å². The summed E-state index contributed by atoms with van der Waals surface area (Å²) < 4.78 is 27.0. The summed E-state index contributed by atoms with van der Waals surface area (Å²) in [6, 6.07) is -1.61. The van der Waals surface area contributed by atoms with Crippen LogP contribution in [-0.2, 0) is 19.1 Å². The van der Waals surface area contributed by atoms with Gasteiger partial charge in [0.1, 0.15) is 29.4 Å². The predicted molar refractivity (Wildman–Crippen MR) is 181 cm³/mol. The molecule has 2 fully saturated rings. The van der Waals surface area contributed by atoms with Crippen molar-refractivity contribution < 1.29 is 33.7 Å². The average Bonchev–Trinajstić information content (AvgIpc) is 3.00. The highest BCUT2D eigenvalue weighted by molar-refractivity contribution is 7.99.